The molecule has 0 saturated heterocycles. The number of benzene rings is 1. The van der Waals surface area contributed by atoms with Crippen LogP contribution in [0.3, 0.4) is 0 Å². The molecule has 2 aromatic rings. The Bertz CT molecular complexity index is 1600. The van der Waals surface area contributed by atoms with Gasteiger partial charge in [-0.3, -0.25) is 9.59 Å². The summed E-state index contributed by atoms with van der Waals surface area (Å²) < 4.78 is 12.5. The van der Waals surface area contributed by atoms with E-state index in [0.29, 0.717) is 70.2 Å². The Morgan fingerprint density at radius 2 is 1.83 bits per heavy atom. The molecule has 2 aliphatic heterocycles. The minimum Gasteiger partial charge on any atom is -0.496 e. The van der Waals surface area contributed by atoms with Crippen LogP contribution in [0.2, 0.25) is 0 Å². The second-order valence-electron chi connectivity index (χ2n) is 12.8. The van der Waals surface area contributed by atoms with Crippen LogP contribution in [0.5, 0.6) is 5.75 Å². The Morgan fingerprint density at radius 3 is 2.43 bits per heavy atom. The molecule has 1 N–H and O–H groups in total. The molecule has 5 rings (SSSR count). The lowest BCUT2D eigenvalue weighted by molar-refractivity contribution is -0.127. The van der Waals surface area contributed by atoms with Crippen molar-refractivity contribution in [2.75, 3.05) is 13.7 Å². The number of pyridine rings is 1. The van der Waals surface area contributed by atoms with Gasteiger partial charge in [-0.2, -0.15) is 0 Å². The van der Waals surface area contributed by atoms with Crippen LogP contribution >= 0.6 is 0 Å². The summed E-state index contributed by atoms with van der Waals surface area (Å²) in [6.07, 6.45) is 0.920. The van der Waals surface area contributed by atoms with Crippen molar-refractivity contribution in [2.24, 2.45) is 11.3 Å². The highest BCUT2D eigenvalue weighted by Crippen LogP contribution is 2.55. The molecule has 8 nitrogen and oxygen atoms in total. The number of hydrogen-bond donors (Lipinski definition) is 1. The third-order valence-electron chi connectivity index (χ3n) is 9.02. The largest absolute Gasteiger partial charge is 0.496 e. The first-order valence-corrected chi connectivity index (χ1v) is 14.6. The van der Waals surface area contributed by atoms with Crippen molar-refractivity contribution < 1.29 is 29.0 Å². The van der Waals surface area contributed by atoms with Crippen LogP contribution in [0, 0.1) is 32.1 Å². The van der Waals surface area contributed by atoms with Gasteiger partial charge in [-0.15, -0.1) is 0 Å². The second kappa shape index (κ2) is 10.4. The van der Waals surface area contributed by atoms with E-state index < -0.39 is 11.9 Å². The summed E-state index contributed by atoms with van der Waals surface area (Å²) in [6.45, 7) is 16.3. The van der Waals surface area contributed by atoms with Gasteiger partial charge < -0.3 is 19.5 Å². The number of aryl methyl sites for hydroxylation is 1. The van der Waals surface area contributed by atoms with E-state index in [1.54, 1.807) is 14.0 Å². The van der Waals surface area contributed by atoms with Crippen molar-refractivity contribution in [1.82, 2.24) is 9.88 Å². The van der Waals surface area contributed by atoms with E-state index in [1.807, 2.05) is 43.9 Å². The van der Waals surface area contributed by atoms with E-state index in [-0.39, 0.29) is 34.8 Å². The zero-order valence-corrected chi connectivity index (χ0v) is 26.0. The molecular weight excluding hydrogens is 532 g/mol. The maximum absolute atomic E-state index is 14.2. The van der Waals surface area contributed by atoms with Crippen LogP contribution in [0.15, 0.2) is 40.9 Å². The maximum Gasteiger partial charge on any atom is 0.354 e. The van der Waals surface area contributed by atoms with E-state index in [0.717, 1.165) is 11.1 Å². The average molecular weight is 573 g/mol. The summed E-state index contributed by atoms with van der Waals surface area (Å²) in [4.78, 5) is 46.5. The van der Waals surface area contributed by atoms with Gasteiger partial charge in [0, 0.05) is 36.1 Å². The fourth-order valence-electron chi connectivity index (χ4n) is 6.93. The van der Waals surface area contributed by atoms with Crippen LogP contribution in [0.1, 0.15) is 86.1 Å². The number of aromatic carboxylic acids is 1. The molecule has 42 heavy (non-hydrogen) atoms. The highest BCUT2D eigenvalue weighted by atomic mass is 16.5. The minimum absolute atomic E-state index is 0.00292. The summed E-state index contributed by atoms with van der Waals surface area (Å²) in [5.41, 5.74) is 4.84. The molecule has 0 bridgehead atoms. The van der Waals surface area contributed by atoms with E-state index >= 15 is 0 Å². The number of hydrogen-bond acceptors (Lipinski definition) is 6. The van der Waals surface area contributed by atoms with E-state index in [2.05, 4.69) is 32.7 Å². The number of Topliss-reactive ketones (excluding diaryl/α,β-unsaturated/α-hetero) is 1. The van der Waals surface area contributed by atoms with Gasteiger partial charge in [0.2, 0.25) is 0 Å². The lowest BCUT2D eigenvalue weighted by Crippen LogP contribution is -2.39. The second-order valence-corrected chi connectivity index (χ2v) is 12.8. The van der Waals surface area contributed by atoms with Crippen molar-refractivity contribution in [3.63, 3.8) is 0 Å². The van der Waals surface area contributed by atoms with Gasteiger partial charge in [0.1, 0.15) is 17.3 Å². The fourth-order valence-corrected chi connectivity index (χ4v) is 6.93. The van der Waals surface area contributed by atoms with Crippen molar-refractivity contribution in [2.45, 2.75) is 80.2 Å². The number of nitrogens with zero attached hydrogens (tertiary/aromatic N) is 2. The number of aromatic nitrogens is 1. The Labute approximate surface area is 247 Å². The van der Waals surface area contributed by atoms with Gasteiger partial charge in [0.05, 0.1) is 30.3 Å². The topological polar surface area (TPSA) is 106 Å². The summed E-state index contributed by atoms with van der Waals surface area (Å²) >= 11 is 0. The van der Waals surface area contributed by atoms with Crippen molar-refractivity contribution in [3.8, 4) is 17.0 Å². The molecule has 8 heteroatoms. The predicted molar refractivity (Wildman–Crippen MR) is 159 cm³/mol. The van der Waals surface area contributed by atoms with Crippen molar-refractivity contribution >= 4 is 17.7 Å². The van der Waals surface area contributed by atoms with Gasteiger partial charge in [0.25, 0.3) is 5.91 Å². The maximum atomic E-state index is 14.2. The number of ether oxygens (including phenoxy) is 2. The smallest absolute Gasteiger partial charge is 0.354 e. The Morgan fingerprint density at radius 1 is 1.14 bits per heavy atom. The standard InChI is InChI=1S/C34H40N2O6/c1-10-36-30(16(2)3)31-28(32(36)38)27(26-22(37)14-34(7,8)15-24(26)42-31)25-19(6)20(11-12-23(25)41-9)21-13-17(4)18(5)29(35-21)33(39)40/h11-13,16,27,30H,10,14-15H2,1-9H3,(H,39,40)/t27-,30+/m0/s1. The summed E-state index contributed by atoms with van der Waals surface area (Å²) in [5.74, 6) is -0.0558. The molecule has 0 unspecified atom stereocenters. The summed E-state index contributed by atoms with van der Waals surface area (Å²) in [7, 11) is 1.58. The van der Waals surface area contributed by atoms with E-state index in [4.69, 9.17) is 9.47 Å². The Hall–Kier alpha value is -3.94. The van der Waals surface area contributed by atoms with E-state index in [1.165, 1.54) is 0 Å². The first-order chi connectivity index (χ1) is 19.7. The molecule has 0 radical (unpaired) electrons. The molecule has 3 aliphatic rings. The first-order valence-electron chi connectivity index (χ1n) is 14.6. The molecule has 222 valence electrons. The molecule has 0 spiro atoms. The van der Waals surface area contributed by atoms with Crippen LogP contribution in [0.25, 0.3) is 11.3 Å². The molecule has 0 fully saturated rings. The summed E-state index contributed by atoms with van der Waals surface area (Å²) in [6, 6.07) is 5.31. The van der Waals surface area contributed by atoms with Crippen molar-refractivity contribution in [1.29, 1.82) is 0 Å². The Balaban J connectivity index is 1.83. The monoisotopic (exact) mass is 572 g/mol. The fraction of sp³-hybridized carbons (Fsp3) is 0.471. The van der Waals surface area contributed by atoms with Gasteiger partial charge in [-0.1, -0.05) is 27.7 Å². The molecule has 1 aliphatic carbocycles. The lowest BCUT2D eigenvalue weighted by atomic mass is 9.68. The van der Waals surface area contributed by atoms with Crippen LogP contribution in [-0.4, -0.2) is 52.3 Å². The van der Waals surface area contributed by atoms with Gasteiger partial charge in [-0.05, 0) is 73.9 Å². The number of methoxy groups -OCH3 is 1. The van der Waals surface area contributed by atoms with Crippen LogP contribution < -0.4 is 4.74 Å². The lowest BCUT2D eigenvalue weighted by Gasteiger charge is -2.39. The molecular formula is C34H40N2O6. The minimum atomic E-state index is -1.09. The Kier molecular flexibility index (Phi) is 7.32. The zero-order valence-electron chi connectivity index (χ0n) is 26.0. The van der Waals surface area contributed by atoms with Crippen LogP contribution in [0.4, 0.5) is 0 Å². The normalized spacial score (nSPS) is 21.5. The number of carboxylic acids is 1. The van der Waals surface area contributed by atoms with Gasteiger partial charge in [-0.25, -0.2) is 9.78 Å². The van der Waals surface area contributed by atoms with E-state index in [9.17, 15) is 19.5 Å². The number of carboxylic acid groups (broad SMARTS) is 1. The molecule has 2 atom stereocenters. The number of ketones is 1. The number of carbonyl (C=O) groups is 3. The zero-order chi connectivity index (χ0) is 30.8. The first kappa shape index (κ1) is 29.5. The third kappa shape index (κ3) is 4.52. The van der Waals surface area contributed by atoms with Gasteiger partial charge in [0.15, 0.2) is 11.5 Å². The molecule has 1 aromatic carbocycles. The number of amides is 1. The van der Waals surface area contributed by atoms with Gasteiger partial charge >= 0.3 is 5.97 Å². The number of allylic oxidation sites excluding steroid dienone is 2. The number of rotatable bonds is 6. The molecule has 1 amide bonds. The van der Waals surface area contributed by atoms with Crippen LogP contribution in [-0.2, 0) is 14.3 Å². The SMILES string of the molecule is CCN1C(=O)C2=C(OC3=C(C(=O)CC(C)(C)C3)[C@@H]2c2c(OC)ccc(-c3cc(C)c(C)c(C(=O)O)n3)c2C)[C@H]1C(C)C. The quantitative estimate of drug-likeness (QED) is 0.434. The van der Waals surface area contributed by atoms with Crippen molar-refractivity contribution in [3.05, 3.63) is 68.8 Å². The molecule has 1 aromatic heterocycles. The average Bonchev–Trinajstić information content (AvgIpc) is 3.19. The summed E-state index contributed by atoms with van der Waals surface area (Å²) in [5, 5.41) is 9.83. The highest BCUT2D eigenvalue weighted by Gasteiger charge is 2.53. The third-order valence-corrected chi connectivity index (χ3v) is 9.02. The number of likely N-dealkylation sites (N-methyl/N-ethyl adjacent to an activating group) is 1. The predicted octanol–water partition coefficient (Wildman–Crippen LogP) is 6.28. The molecule has 3 heterocycles. The number of carbonyl (C=O) groups excluding carboxylic acids is 2. The highest BCUT2D eigenvalue weighted by molar-refractivity contribution is 6.07. The molecule has 0 saturated carbocycles.